The smallest absolute Gasteiger partial charge is 0.251 e. The van der Waals surface area contributed by atoms with Crippen molar-refractivity contribution < 1.29 is 13.2 Å². The molecule has 1 aliphatic carbocycles. The van der Waals surface area contributed by atoms with Crippen LogP contribution < -0.4 is 10.0 Å². The first-order chi connectivity index (χ1) is 12.0. The molecule has 2 N–H and O–H groups in total. The molecule has 132 valence electrons. The molecule has 1 fully saturated rings. The molecule has 0 saturated heterocycles. The van der Waals surface area contributed by atoms with Crippen molar-refractivity contribution in [3.05, 3.63) is 59.9 Å². The van der Waals surface area contributed by atoms with Crippen molar-refractivity contribution >= 4 is 15.9 Å². The number of rotatable bonds is 6. The van der Waals surface area contributed by atoms with Gasteiger partial charge in [-0.3, -0.25) is 9.78 Å². The second-order valence-electron chi connectivity index (χ2n) is 6.13. The molecule has 0 atom stereocenters. The summed E-state index contributed by atoms with van der Waals surface area (Å²) in [6, 6.07) is 11.5. The van der Waals surface area contributed by atoms with Gasteiger partial charge in [-0.1, -0.05) is 25.0 Å². The van der Waals surface area contributed by atoms with Crippen molar-refractivity contribution in [3.8, 4) is 0 Å². The second-order valence-corrected chi connectivity index (χ2v) is 7.85. The van der Waals surface area contributed by atoms with Crippen LogP contribution in [0.15, 0.2) is 53.6 Å². The summed E-state index contributed by atoms with van der Waals surface area (Å²) in [7, 11) is -3.61. The van der Waals surface area contributed by atoms with Gasteiger partial charge in [0.2, 0.25) is 10.0 Å². The fourth-order valence-electron chi connectivity index (χ4n) is 2.91. The van der Waals surface area contributed by atoms with Crippen LogP contribution in [0.1, 0.15) is 41.7 Å². The molecule has 0 unspecified atom stereocenters. The zero-order valence-electron chi connectivity index (χ0n) is 13.8. The molecule has 6 nitrogen and oxygen atoms in total. The number of sulfonamides is 1. The molecule has 1 amide bonds. The van der Waals surface area contributed by atoms with Crippen molar-refractivity contribution in [2.45, 2.75) is 43.2 Å². The van der Waals surface area contributed by atoms with Gasteiger partial charge in [0, 0.05) is 17.8 Å². The summed E-state index contributed by atoms with van der Waals surface area (Å²) in [6.45, 7) is 0.289. The second kappa shape index (κ2) is 7.76. The van der Waals surface area contributed by atoms with Gasteiger partial charge in [0.15, 0.2) is 0 Å². The largest absolute Gasteiger partial charge is 0.346 e. The van der Waals surface area contributed by atoms with Crippen LogP contribution in [0.25, 0.3) is 0 Å². The molecule has 2 aromatic rings. The third-order valence-electron chi connectivity index (χ3n) is 4.24. The number of aromatic nitrogens is 1. The minimum absolute atomic E-state index is 0.00774. The molecule has 3 rings (SSSR count). The average molecular weight is 359 g/mol. The minimum atomic E-state index is -3.61. The lowest BCUT2D eigenvalue weighted by molar-refractivity contribution is 0.0950. The van der Waals surface area contributed by atoms with Gasteiger partial charge in [-0.15, -0.1) is 0 Å². The maximum Gasteiger partial charge on any atom is 0.251 e. The molecule has 0 bridgehead atoms. The van der Waals surface area contributed by atoms with Crippen LogP contribution in [0.3, 0.4) is 0 Å². The monoisotopic (exact) mass is 359 g/mol. The van der Waals surface area contributed by atoms with Crippen LogP contribution in [0, 0.1) is 0 Å². The third-order valence-corrected chi connectivity index (χ3v) is 5.76. The molecule has 25 heavy (non-hydrogen) atoms. The highest BCUT2D eigenvalue weighted by molar-refractivity contribution is 7.89. The number of carbonyl (C=O) groups is 1. The van der Waals surface area contributed by atoms with Crippen LogP contribution >= 0.6 is 0 Å². The van der Waals surface area contributed by atoms with Gasteiger partial charge in [-0.2, -0.15) is 0 Å². The Morgan fingerprint density at radius 2 is 1.92 bits per heavy atom. The molecule has 1 aromatic heterocycles. The number of hydrogen-bond acceptors (Lipinski definition) is 4. The van der Waals surface area contributed by atoms with E-state index >= 15 is 0 Å². The molecule has 1 saturated carbocycles. The number of nitrogens with zero attached hydrogens (tertiary/aromatic N) is 1. The summed E-state index contributed by atoms with van der Waals surface area (Å²) >= 11 is 0. The lowest BCUT2D eigenvalue weighted by atomic mass is 10.2. The highest BCUT2D eigenvalue weighted by Crippen LogP contribution is 2.20. The van der Waals surface area contributed by atoms with E-state index in [1.807, 2.05) is 12.1 Å². The summed E-state index contributed by atoms with van der Waals surface area (Å²) < 4.78 is 27.7. The van der Waals surface area contributed by atoms with E-state index < -0.39 is 10.0 Å². The van der Waals surface area contributed by atoms with E-state index in [2.05, 4.69) is 15.0 Å². The Bertz CT molecular complexity index is 832. The number of hydrogen-bond donors (Lipinski definition) is 2. The topological polar surface area (TPSA) is 88.2 Å². The Labute approximate surface area is 147 Å². The third kappa shape index (κ3) is 4.64. The van der Waals surface area contributed by atoms with Gasteiger partial charge in [0.05, 0.1) is 17.1 Å². The quantitative estimate of drug-likeness (QED) is 0.828. The molecular formula is C18H21N3O3S. The van der Waals surface area contributed by atoms with Crippen molar-refractivity contribution in [1.29, 1.82) is 0 Å². The highest BCUT2D eigenvalue weighted by Gasteiger charge is 2.23. The molecular weight excluding hydrogens is 338 g/mol. The molecule has 0 radical (unpaired) electrons. The lowest BCUT2D eigenvalue weighted by Gasteiger charge is -2.13. The van der Waals surface area contributed by atoms with E-state index in [9.17, 15) is 13.2 Å². The van der Waals surface area contributed by atoms with Crippen molar-refractivity contribution in [2.75, 3.05) is 0 Å². The molecule has 0 aliphatic heterocycles. The number of nitrogens with one attached hydrogen (secondary N) is 2. The highest BCUT2D eigenvalue weighted by atomic mass is 32.2. The molecule has 1 heterocycles. The molecule has 1 aliphatic rings. The van der Waals surface area contributed by atoms with Crippen LogP contribution in [0.4, 0.5) is 0 Å². The van der Waals surface area contributed by atoms with Crippen molar-refractivity contribution in [1.82, 2.24) is 15.0 Å². The molecule has 1 aromatic carbocycles. The van der Waals surface area contributed by atoms with Gasteiger partial charge in [-0.05, 0) is 43.2 Å². The van der Waals surface area contributed by atoms with Crippen molar-refractivity contribution in [3.63, 3.8) is 0 Å². The Morgan fingerprint density at radius 3 is 2.64 bits per heavy atom. The Balaban J connectivity index is 1.68. The minimum Gasteiger partial charge on any atom is -0.346 e. The summed E-state index contributed by atoms with van der Waals surface area (Å²) in [5.74, 6) is -0.330. The van der Waals surface area contributed by atoms with Crippen LogP contribution in [0.5, 0.6) is 0 Å². The normalized spacial score (nSPS) is 15.2. The van der Waals surface area contributed by atoms with Gasteiger partial charge >= 0.3 is 0 Å². The van der Waals surface area contributed by atoms with E-state index in [0.717, 1.165) is 31.4 Å². The maximum absolute atomic E-state index is 12.5. The Kier molecular flexibility index (Phi) is 5.45. The SMILES string of the molecule is O=C(NCc1ccccn1)c1cccc(S(=O)(=O)NC2CCCC2)c1. The van der Waals surface area contributed by atoms with Crippen LogP contribution in [0.2, 0.25) is 0 Å². The number of amides is 1. The fourth-order valence-corrected chi connectivity index (χ4v) is 4.26. The van der Waals surface area contributed by atoms with Gasteiger partial charge in [-0.25, -0.2) is 13.1 Å². The fraction of sp³-hybridized carbons (Fsp3) is 0.333. The average Bonchev–Trinajstić information content (AvgIpc) is 3.13. The van der Waals surface area contributed by atoms with E-state index in [4.69, 9.17) is 0 Å². The number of pyridine rings is 1. The van der Waals surface area contributed by atoms with Gasteiger partial charge in [0.1, 0.15) is 0 Å². The molecule has 7 heteroatoms. The zero-order valence-corrected chi connectivity index (χ0v) is 14.6. The van der Waals surface area contributed by atoms with Crippen LogP contribution in [-0.2, 0) is 16.6 Å². The van der Waals surface area contributed by atoms with E-state index in [1.54, 1.807) is 24.4 Å². The Morgan fingerprint density at radius 1 is 1.12 bits per heavy atom. The summed E-state index contributed by atoms with van der Waals surface area (Å²) in [5, 5.41) is 2.75. The standard InChI is InChI=1S/C18H21N3O3S/c22-18(20-13-16-9-3-4-11-19-16)14-6-5-10-17(12-14)25(23,24)21-15-7-1-2-8-15/h3-6,9-12,15,21H,1-2,7-8,13H2,(H,20,22). The Hall–Kier alpha value is -2.25. The maximum atomic E-state index is 12.5. The first-order valence-corrected chi connectivity index (χ1v) is 9.83. The first kappa shape index (κ1) is 17.6. The number of benzene rings is 1. The van der Waals surface area contributed by atoms with Crippen LogP contribution in [-0.4, -0.2) is 25.4 Å². The predicted molar refractivity (Wildman–Crippen MR) is 94.4 cm³/mol. The summed E-state index contributed by atoms with van der Waals surface area (Å²) in [5.41, 5.74) is 1.05. The first-order valence-electron chi connectivity index (χ1n) is 8.35. The summed E-state index contributed by atoms with van der Waals surface area (Å²) in [4.78, 5) is 16.5. The number of carbonyl (C=O) groups excluding carboxylic acids is 1. The van der Waals surface area contributed by atoms with Gasteiger partial charge in [0.25, 0.3) is 5.91 Å². The van der Waals surface area contributed by atoms with E-state index in [0.29, 0.717) is 5.56 Å². The zero-order chi connectivity index (χ0) is 17.7. The lowest BCUT2D eigenvalue weighted by Crippen LogP contribution is -2.32. The van der Waals surface area contributed by atoms with E-state index in [-0.39, 0.29) is 23.4 Å². The van der Waals surface area contributed by atoms with Crippen molar-refractivity contribution in [2.24, 2.45) is 0 Å². The molecule has 0 spiro atoms. The predicted octanol–water partition coefficient (Wildman–Crippen LogP) is 2.23. The van der Waals surface area contributed by atoms with E-state index in [1.165, 1.54) is 12.1 Å². The summed E-state index contributed by atoms with van der Waals surface area (Å²) in [6.07, 6.45) is 5.47. The van der Waals surface area contributed by atoms with Gasteiger partial charge < -0.3 is 5.32 Å².